The number of aromatic nitrogens is 1. The number of fused-ring (bicyclic) bond motifs is 4. The maximum Gasteiger partial charge on any atom is 0.112 e. The molecule has 5 heteroatoms. The van der Waals surface area contributed by atoms with Gasteiger partial charge in [-0.25, -0.2) is 4.98 Å². The molecule has 0 aromatic carbocycles. The highest BCUT2D eigenvalue weighted by Crippen LogP contribution is 2.38. The van der Waals surface area contributed by atoms with Crippen molar-refractivity contribution in [2.75, 3.05) is 39.8 Å². The Morgan fingerprint density at radius 3 is 2.79 bits per heavy atom. The predicted molar refractivity (Wildman–Crippen MR) is 77.6 cm³/mol. The summed E-state index contributed by atoms with van der Waals surface area (Å²) < 4.78 is 0. The number of rotatable bonds is 2. The van der Waals surface area contributed by atoms with Crippen molar-refractivity contribution < 1.29 is 0 Å². The van der Waals surface area contributed by atoms with Gasteiger partial charge in [0.15, 0.2) is 0 Å². The maximum absolute atomic E-state index is 5.03. The fraction of sp³-hybridized carbons (Fsp3) is 0.786. The molecule has 0 spiro atoms. The minimum Gasteiger partial charge on any atom is -0.312 e. The lowest BCUT2D eigenvalue weighted by atomic mass is 9.98. The van der Waals surface area contributed by atoms with E-state index in [1.54, 1.807) is 4.88 Å². The third-order valence-electron chi connectivity index (χ3n) is 4.88. The molecule has 1 N–H and O–H groups in total. The van der Waals surface area contributed by atoms with Crippen molar-refractivity contribution in [3.05, 3.63) is 15.6 Å². The van der Waals surface area contributed by atoms with Crippen molar-refractivity contribution in [1.82, 2.24) is 20.1 Å². The van der Waals surface area contributed by atoms with Gasteiger partial charge in [0.25, 0.3) is 0 Å². The van der Waals surface area contributed by atoms with Crippen LogP contribution >= 0.6 is 11.3 Å². The second-order valence-corrected chi connectivity index (χ2v) is 7.06. The molecule has 2 bridgehead atoms. The highest BCUT2D eigenvalue weighted by atomic mass is 32.1. The fourth-order valence-electron chi connectivity index (χ4n) is 3.71. The maximum atomic E-state index is 5.03. The lowest BCUT2D eigenvalue weighted by molar-refractivity contribution is 0.0122. The second-order valence-electron chi connectivity index (χ2n) is 5.95. The third kappa shape index (κ3) is 2.03. The molecule has 3 aliphatic heterocycles. The summed E-state index contributed by atoms with van der Waals surface area (Å²) in [6.45, 7) is 6.15. The Bertz CT molecular complexity index is 464. The van der Waals surface area contributed by atoms with E-state index in [0.29, 0.717) is 12.1 Å². The van der Waals surface area contributed by atoms with Gasteiger partial charge in [-0.2, -0.15) is 0 Å². The van der Waals surface area contributed by atoms with Crippen LogP contribution < -0.4 is 5.32 Å². The number of thiazole rings is 1. The Balaban J connectivity index is 1.64. The molecule has 4 heterocycles. The van der Waals surface area contributed by atoms with Gasteiger partial charge < -0.3 is 5.32 Å². The number of aryl methyl sites for hydroxylation is 1. The Morgan fingerprint density at radius 2 is 2.11 bits per heavy atom. The summed E-state index contributed by atoms with van der Waals surface area (Å²) in [5, 5.41) is 4.80. The van der Waals surface area contributed by atoms with Gasteiger partial charge in [0, 0.05) is 37.6 Å². The highest BCUT2D eigenvalue weighted by Gasteiger charge is 2.36. The van der Waals surface area contributed by atoms with Crippen molar-refractivity contribution in [3.63, 3.8) is 0 Å². The lowest BCUT2D eigenvalue weighted by Crippen LogP contribution is -2.56. The Morgan fingerprint density at radius 1 is 1.26 bits per heavy atom. The standard InChI is InChI=1S/C14H22N4S/c1-15-10-3-2-4-12-13(10)16-14(19-12)11-9-17-5-7-18(11)8-6-17/h10-11,15H,2-9H2,1H3. The Kier molecular flexibility index (Phi) is 3.10. The van der Waals surface area contributed by atoms with Gasteiger partial charge in [0.05, 0.1) is 17.8 Å². The van der Waals surface area contributed by atoms with E-state index in [0.717, 1.165) is 0 Å². The molecule has 3 saturated heterocycles. The zero-order valence-electron chi connectivity index (χ0n) is 11.6. The van der Waals surface area contributed by atoms with Crippen molar-refractivity contribution in [1.29, 1.82) is 0 Å². The van der Waals surface area contributed by atoms with Crippen molar-refractivity contribution >= 4 is 11.3 Å². The fourth-order valence-corrected chi connectivity index (χ4v) is 5.01. The van der Waals surface area contributed by atoms with E-state index >= 15 is 0 Å². The predicted octanol–water partition coefficient (Wildman–Crippen LogP) is 1.41. The first-order valence-electron chi connectivity index (χ1n) is 7.48. The number of piperazine rings is 3. The average molecular weight is 278 g/mol. The molecule has 0 amide bonds. The molecule has 5 rings (SSSR count). The number of hydrogen-bond donors (Lipinski definition) is 1. The van der Waals surface area contributed by atoms with Crippen LogP contribution in [0.4, 0.5) is 0 Å². The van der Waals surface area contributed by atoms with Gasteiger partial charge in [-0.3, -0.25) is 9.80 Å². The van der Waals surface area contributed by atoms with Gasteiger partial charge in [-0.15, -0.1) is 11.3 Å². The van der Waals surface area contributed by atoms with Crippen LogP contribution in [0.15, 0.2) is 0 Å². The summed E-state index contributed by atoms with van der Waals surface area (Å²) in [6.07, 6.45) is 3.79. The van der Waals surface area contributed by atoms with E-state index in [9.17, 15) is 0 Å². The van der Waals surface area contributed by atoms with Crippen LogP contribution in [0.25, 0.3) is 0 Å². The zero-order valence-corrected chi connectivity index (χ0v) is 12.4. The van der Waals surface area contributed by atoms with Gasteiger partial charge in [-0.05, 0) is 26.3 Å². The van der Waals surface area contributed by atoms with Crippen LogP contribution in [0.2, 0.25) is 0 Å². The van der Waals surface area contributed by atoms with Gasteiger partial charge in [0.1, 0.15) is 5.01 Å². The van der Waals surface area contributed by atoms with E-state index in [1.165, 1.54) is 62.7 Å². The summed E-state index contributed by atoms with van der Waals surface area (Å²) in [5.74, 6) is 0. The normalized spacial score (nSPS) is 37.3. The Labute approximate surface area is 118 Å². The molecule has 104 valence electrons. The van der Waals surface area contributed by atoms with Gasteiger partial charge in [-0.1, -0.05) is 0 Å². The van der Waals surface area contributed by atoms with Crippen LogP contribution in [0, 0.1) is 0 Å². The Hall–Kier alpha value is -0.490. The number of nitrogens with one attached hydrogen (secondary N) is 1. The monoisotopic (exact) mass is 278 g/mol. The molecule has 4 nitrogen and oxygen atoms in total. The molecule has 0 saturated carbocycles. The lowest BCUT2D eigenvalue weighted by Gasteiger charge is -2.46. The molecule has 1 aromatic heterocycles. The molecule has 19 heavy (non-hydrogen) atoms. The largest absolute Gasteiger partial charge is 0.312 e. The first-order chi connectivity index (χ1) is 9.35. The van der Waals surface area contributed by atoms with Crippen molar-refractivity contribution in [2.45, 2.75) is 31.3 Å². The molecular weight excluding hydrogens is 256 g/mol. The van der Waals surface area contributed by atoms with E-state index in [-0.39, 0.29) is 0 Å². The van der Waals surface area contributed by atoms with Crippen LogP contribution in [0.1, 0.15) is 40.5 Å². The molecule has 2 atom stereocenters. The SMILES string of the molecule is CNC1CCCc2sc(C3CN4CCN3CC4)nc21. The van der Waals surface area contributed by atoms with E-state index in [2.05, 4.69) is 22.2 Å². The summed E-state index contributed by atoms with van der Waals surface area (Å²) in [5.41, 5.74) is 1.35. The molecule has 3 fully saturated rings. The second kappa shape index (κ2) is 4.81. The number of hydrogen-bond acceptors (Lipinski definition) is 5. The smallest absolute Gasteiger partial charge is 0.112 e. The highest BCUT2D eigenvalue weighted by molar-refractivity contribution is 7.11. The summed E-state index contributed by atoms with van der Waals surface area (Å²) in [7, 11) is 2.07. The zero-order chi connectivity index (χ0) is 12.8. The van der Waals surface area contributed by atoms with Crippen LogP contribution in [0.3, 0.4) is 0 Å². The summed E-state index contributed by atoms with van der Waals surface area (Å²) in [4.78, 5) is 11.8. The van der Waals surface area contributed by atoms with Crippen LogP contribution in [-0.4, -0.2) is 54.6 Å². The minimum absolute atomic E-state index is 0.491. The average Bonchev–Trinajstić information content (AvgIpc) is 2.92. The summed E-state index contributed by atoms with van der Waals surface area (Å²) in [6, 6.07) is 1.06. The summed E-state index contributed by atoms with van der Waals surface area (Å²) >= 11 is 1.98. The topological polar surface area (TPSA) is 31.4 Å². The van der Waals surface area contributed by atoms with Crippen LogP contribution in [-0.2, 0) is 6.42 Å². The quantitative estimate of drug-likeness (QED) is 0.886. The number of nitrogens with zero attached hydrogens (tertiary/aromatic N) is 3. The molecular formula is C14H22N4S. The first kappa shape index (κ1) is 12.3. The molecule has 1 aliphatic carbocycles. The van der Waals surface area contributed by atoms with E-state index < -0.39 is 0 Å². The molecule has 2 unspecified atom stereocenters. The third-order valence-corrected chi connectivity index (χ3v) is 6.12. The molecule has 1 aromatic rings. The van der Waals surface area contributed by atoms with Gasteiger partial charge >= 0.3 is 0 Å². The van der Waals surface area contributed by atoms with Crippen molar-refractivity contribution in [2.24, 2.45) is 0 Å². The van der Waals surface area contributed by atoms with Crippen molar-refractivity contribution in [3.8, 4) is 0 Å². The van der Waals surface area contributed by atoms with Gasteiger partial charge in [0.2, 0.25) is 0 Å². The minimum atomic E-state index is 0.491. The molecule has 0 radical (unpaired) electrons. The molecule has 4 aliphatic rings. The first-order valence-corrected chi connectivity index (χ1v) is 8.30. The van der Waals surface area contributed by atoms with E-state index in [1.807, 2.05) is 11.3 Å². The van der Waals surface area contributed by atoms with Crippen LogP contribution in [0.5, 0.6) is 0 Å². The van der Waals surface area contributed by atoms with E-state index in [4.69, 9.17) is 4.98 Å².